The number of hydrogen-bond acceptors (Lipinski definition) is 11. The molecule has 4 aromatic carbocycles. The van der Waals surface area contributed by atoms with Crippen LogP contribution in [0.5, 0.6) is 11.5 Å². The highest BCUT2D eigenvalue weighted by Gasteiger charge is 2.20. The van der Waals surface area contributed by atoms with E-state index >= 15 is 0 Å². The van der Waals surface area contributed by atoms with Gasteiger partial charge >= 0.3 is 13.1 Å². The molecule has 0 aliphatic heterocycles. The van der Waals surface area contributed by atoms with E-state index in [0.29, 0.717) is 32.6 Å². The van der Waals surface area contributed by atoms with Gasteiger partial charge in [0.25, 0.3) is 11.4 Å². The minimum atomic E-state index is -1.82. The van der Waals surface area contributed by atoms with Crippen molar-refractivity contribution >= 4 is 45.9 Å². The second kappa shape index (κ2) is 17.3. The van der Waals surface area contributed by atoms with E-state index in [2.05, 4.69) is 15.9 Å². The van der Waals surface area contributed by atoms with Gasteiger partial charge in [-0.2, -0.15) is 0 Å². The van der Waals surface area contributed by atoms with E-state index in [1.54, 1.807) is 12.1 Å². The number of methoxy groups -OCH3 is 2. The Morgan fingerprint density at radius 3 is 1.71 bits per heavy atom. The largest absolute Gasteiger partial charge is 0.497 e. The van der Waals surface area contributed by atoms with Crippen molar-refractivity contribution in [3.63, 3.8) is 0 Å². The highest BCUT2D eigenvalue weighted by molar-refractivity contribution is 9.10. The zero-order chi connectivity index (χ0) is 36.5. The summed E-state index contributed by atoms with van der Waals surface area (Å²) in [6.45, 7) is 7.74. The van der Waals surface area contributed by atoms with Crippen LogP contribution in [0.3, 0.4) is 0 Å². The molecule has 0 atom stereocenters. The second-order valence-corrected chi connectivity index (χ2v) is 11.2. The van der Waals surface area contributed by atoms with Gasteiger partial charge in [0.15, 0.2) is 6.29 Å². The van der Waals surface area contributed by atoms with Gasteiger partial charge in [0, 0.05) is 45.3 Å². The molecule has 0 spiro atoms. The zero-order valence-corrected chi connectivity index (χ0v) is 28.4. The van der Waals surface area contributed by atoms with Gasteiger partial charge in [0.1, 0.15) is 11.5 Å². The van der Waals surface area contributed by atoms with Crippen molar-refractivity contribution in [3.8, 4) is 22.6 Å². The van der Waals surface area contributed by atoms with E-state index in [-0.39, 0.29) is 22.5 Å². The van der Waals surface area contributed by atoms with Crippen LogP contribution in [0, 0.1) is 47.9 Å². The van der Waals surface area contributed by atoms with E-state index in [0.717, 1.165) is 34.4 Å². The Bertz CT molecular complexity index is 1810. The fourth-order valence-corrected chi connectivity index (χ4v) is 4.69. The number of halogens is 1. The number of carbonyl (C=O) groups is 1. The summed E-state index contributed by atoms with van der Waals surface area (Å²) in [5.74, 6) is -0.118. The molecule has 0 radical (unpaired) electrons. The molecule has 16 heteroatoms. The van der Waals surface area contributed by atoms with Crippen molar-refractivity contribution < 1.29 is 49.5 Å². The van der Waals surface area contributed by atoms with Crippen LogP contribution >= 0.6 is 15.9 Å². The Morgan fingerprint density at radius 2 is 1.23 bits per heavy atom. The molecule has 0 aromatic heterocycles. The maximum atomic E-state index is 10.9. The number of nitrogens with zero attached hydrogens (tertiary/aromatic N) is 2. The molecule has 48 heavy (non-hydrogen) atoms. The zero-order valence-electron chi connectivity index (χ0n) is 26.8. The predicted molar refractivity (Wildman–Crippen MR) is 182 cm³/mol. The molecule has 0 saturated heterocycles. The first-order chi connectivity index (χ1) is 22.4. The molecule has 4 rings (SSSR count). The first kappa shape index (κ1) is 39.3. The summed E-state index contributed by atoms with van der Waals surface area (Å²) in [6.07, 6.45) is -1.82. The van der Waals surface area contributed by atoms with Crippen molar-refractivity contribution in [1.82, 2.24) is 0 Å². The van der Waals surface area contributed by atoms with Gasteiger partial charge in [0.2, 0.25) is 0 Å². The van der Waals surface area contributed by atoms with Crippen molar-refractivity contribution in [2.45, 2.75) is 34.0 Å². The maximum Gasteiger partial charge on any atom is 0.492 e. The number of aliphatic hydroxyl groups excluding tert-OH is 1. The van der Waals surface area contributed by atoms with Gasteiger partial charge in [0.05, 0.1) is 29.6 Å². The Labute approximate surface area is 284 Å². The third-order valence-electron chi connectivity index (χ3n) is 7.15. The molecule has 0 aliphatic carbocycles. The number of benzene rings is 4. The lowest BCUT2D eigenvalue weighted by atomic mass is 9.78. The average Bonchev–Trinajstić information content (AvgIpc) is 3.03. The number of hydrogen-bond donors (Lipinski definition) is 5. The summed E-state index contributed by atoms with van der Waals surface area (Å²) in [7, 11) is 1.55. The van der Waals surface area contributed by atoms with Crippen LogP contribution in [0.2, 0.25) is 0 Å². The van der Waals surface area contributed by atoms with Gasteiger partial charge in [-0.3, -0.25) is 20.2 Å². The van der Waals surface area contributed by atoms with Gasteiger partial charge in [-0.25, -0.2) is 4.79 Å². The monoisotopic (exact) mass is 728 g/mol. The fourth-order valence-electron chi connectivity index (χ4n) is 4.27. The number of ether oxygens (including phenoxy) is 2. The molecule has 4 aromatic rings. The Kier molecular flexibility index (Phi) is 14.2. The number of nitro benzene ring substituents is 2. The number of aromatic carboxylic acids is 1. The number of carboxylic acid groups (broad SMARTS) is 1. The lowest BCUT2D eigenvalue weighted by Gasteiger charge is -2.16. The summed E-state index contributed by atoms with van der Waals surface area (Å²) in [5.41, 5.74) is 5.20. The minimum Gasteiger partial charge on any atom is -0.497 e. The summed E-state index contributed by atoms with van der Waals surface area (Å²) in [6, 6.07) is 14.8. The highest BCUT2D eigenvalue weighted by Crippen LogP contribution is 2.37. The molecule has 0 heterocycles. The third kappa shape index (κ3) is 10.1. The Morgan fingerprint density at radius 1 is 0.750 bits per heavy atom. The van der Waals surface area contributed by atoms with Crippen molar-refractivity contribution in [3.05, 3.63) is 119 Å². The predicted octanol–water partition coefficient (Wildman–Crippen LogP) is 4.92. The Balaban J connectivity index is 0.000000266. The van der Waals surface area contributed by atoms with Crippen LogP contribution < -0.4 is 14.9 Å². The van der Waals surface area contributed by atoms with Crippen molar-refractivity contribution in [2.24, 2.45) is 0 Å². The molecule has 254 valence electrons. The topological polar surface area (TPSA) is 223 Å². The number of nitro groups is 2. The average molecular weight is 729 g/mol. The quantitative estimate of drug-likeness (QED) is 0.0706. The van der Waals surface area contributed by atoms with Gasteiger partial charge in [-0.05, 0) is 102 Å². The highest BCUT2D eigenvalue weighted by atomic mass is 79.9. The van der Waals surface area contributed by atoms with E-state index in [1.165, 1.54) is 38.5 Å². The fraction of sp³-hybridized carbons (Fsp3) is 0.219. The number of carboxylic acids is 1. The van der Waals surface area contributed by atoms with Crippen LogP contribution in [0.1, 0.15) is 44.5 Å². The van der Waals surface area contributed by atoms with Crippen molar-refractivity contribution in [2.75, 3.05) is 14.2 Å². The van der Waals surface area contributed by atoms with Crippen LogP contribution in [-0.2, 0) is 0 Å². The number of rotatable bonds is 8. The van der Waals surface area contributed by atoms with Gasteiger partial charge < -0.3 is 34.8 Å². The lowest BCUT2D eigenvalue weighted by Crippen LogP contribution is -2.31. The van der Waals surface area contributed by atoms with Crippen LogP contribution in [0.25, 0.3) is 11.1 Å². The van der Waals surface area contributed by atoms with E-state index in [9.17, 15) is 35.2 Å². The van der Waals surface area contributed by atoms with Crippen molar-refractivity contribution in [1.29, 1.82) is 0 Å². The van der Waals surface area contributed by atoms with Crippen LogP contribution in [0.15, 0.2) is 65.1 Å². The molecular formula is C32H34BBrN2O12. The molecule has 0 aliphatic rings. The van der Waals surface area contributed by atoms with E-state index in [1.807, 2.05) is 39.8 Å². The Hall–Kier alpha value is -4.87. The summed E-state index contributed by atoms with van der Waals surface area (Å²) in [5, 5.41) is 66.9. The summed E-state index contributed by atoms with van der Waals surface area (Å²) < 4.78 is 10.7. The minimum absolute atomic E-state index is 0.0655. The number of non-ortho nitro benzene ring substituents is 2. The smallest absolute Gasteiger partial charge is 0.492 e. The van der Waals surface area contributed by atoms with Gasteiger partial charge in [-0.1, -0.05) is 6.07 Å². The van der Waals surface area contributed by atoms with E-state index < -0.39 is 29.2 Å². The molecule has 14 nitrogen and oxygen atoms in total. The van der Waals surface area contributed by atoms with Crippen LogP contribution in [-0.4, -0.2) is 62.5 Å². The SMILES string of the molecule is COc1cc(C)c(C)cc1-c1ccc([N+](=O)[O-])cc1C(O)O.COc1cc(C)c(C)cc1B(O)O.O=C(O)c1cc([N+](=O)[O-])ccc1Br. The molecule has 0 fully saturated rings. The normalized spacial score (nSPS) is 10.2. The molecule has 0 amide bonds. The molecule has 0 bridgehead atoms. The van der Waals surface area contributed by atoms with Crippen LogP contribution in [0.4, 0.5) is 11.4 Å². The number of aliphatic hydroxyl groups is 2. The summed E-state index contributed by atoms with van der Waals surface area (Å²) in [4.78, 5) is 30.5. The molecule has 0 saturated carbocycles. The third-order valence-corrected chi connectivity index (χ3v) is 7.84. The first-order valence-electron chi connectivity index (χ1n) is 13.9. The summed E-state index contributed by atoms with van der Waals surface area (Å²) >= 11 is 2.98. The number of aryl methyl sites for hydroxylation is 4. The molecule has 5 N–H and O–H groups in total. The van der Waals surface area contributed by atoms with E-state index in [4.69, 9.17) is 24.6 Å². The first-order valence-corrected chi connectivity index (χ1v) is 14.7. The molecular weight excluding hydrogens is 695 g/mol. The second-order valence-electron chi connectivity index (χ2n) is 10.3. The molecule has 0 unspecified atom stereocenters. The van der Waals surface area contributed by atoms with Gasteiger partial charge in [-0.15, -0.1) is 0 Å². The lowest BCUT2D eigenvalue weighted by molar-refractivity contribution is -0.385. The maximum absolute atomic E-state index is 10.9. The standard InChI is InChI=1S/C16H17NO5.C9H13BO3.C7H4BrNO4/c1-9-6-13(15(22-3)7-10(9)2)12-5-4-11(17(20)21)8-14(12)16(18)19;1-6-4-8(10(11)12)9(13-3)5-7(6)2;8-6-2-1-4(9(12)13)3-5(6)7(10)11/h4-8,16,18-19H,1-3H3;4-5,11-12H,1-3H3;1-3H,(H,10,11).